The number of hydrogen-bond acceptors (Lipinski definition) is 3. The Morgan fingerprint density at radius 2 is 1.83 bits per heavy atom. The molecule has 0 bridgehead atoms. The van der Waals surface area contributed by atoms with Crippen LogP contribution in [-0.4, -0.2) is 10.7 Å². The van der Waals surface area contributed by atoms with Crippen molar-refractivity contribution in [3.05, 3.63) is 79.8 Å². The third kappa shape index (κ3) is 4.36. The number of allylic oxidation sites excluding steroid dienone is 1. The molecule has 0 aliphatic heterocycles. The number of rotatable bonds is 5. The van der Waals surface area contributed by atoms with Gasteiger partial charge in [0.25, 0.3) is 5.69 Å². The van der Waals surface area contributed by atoms with Crippen molar-refractivity contribution in [3.63, 3.8) is 0 Å². The predicted octanol–water partition coefficient (Wildman–Crippen LogP) is 5.38. The van der Waals surface area contributed by atoms with Gasteiger partial charge in [0.1, 0.15) is 0 Å². The quantitative estimate of drug-likeness (QED) is 0.306. The molecule has 0 unspecified atom stereocenters. The Hall–Kier alpha value is -2.27. The van der Waals surface area contributed by atoms with Crippen molar-refractivity contribution in [3.8, 4) is 0 Å². The van der Waals surface area contributed by atoms with Gasteiger partial charge in [0.2, 0.25) is 0 Å². The minimum Gasteiger partial charge on any atom is -0.289 e. The first-order valence-corrected chi connectivity index (χ1v) is 7.94. The fourth-order valence-electron chi connectivity index (χ4n) is 2.19. The van der Waals surface area contributed by atoms with Crippen molar-refractivity contribution >= 4 is 33.5 Å². The maximum atomic E-state index is 12.1. The highest BCUT2D eigenvalue weighted by Crippen LogP contribution is 2.27. The van der Waals surface area contributed by atoms with Gasteiger partial charge in [0.15, 0.2) is 5.78 Å². The average molecular weight is 374 g/mol. The molecule has 23 heavy (non-hydrogen) atoms. The van der Waals surface area contributed by atoms with Crippen LogP contribution in [0.5, 0.6) is 0 Å². The van der Waals surface area contributed by atoms with E-state index in [1.807, 2.05) is 13.8 Å². The van der Waals surface area contributed by atoms with Gasteiger partial charge in [-0.3, -0.25) is 14.9 Å². The van der Waals surface area contributed by atoms with Crippen molar-refractivity contribution in [2.75, 3.05) is 0 Å². The minimum atomic E-state index is -0.386. The van der Waals surface area contributed by atoms with Crippen molar-refractivity contribution in [2.45, 2.75) is 19.8 Å². The molecule has 2 aromatic carbocycles. The summed E-state index contributed by atoms with van der Waals surface area (Å²) in [6.45, 7) is 3.82. The molecule has 0 saturated heterocycles. The standard InChI is InChI=1S/C18H16BrNO3/c1-12(2)16-9-3-13(11-17(16)20(22)23)4-10-18(21)14-5-7-15(19)8-6-14/h3-12H,1-2H3/b10-4+. The number of carbonyl (C=O) groups excluding carboxylic acids is 1. The van der Waals surface area contributed by atoms with E-state index in [9.17, 15) is 14.9 Å². The Balaban J connectivity index is 2.25. The van der Waals surface area contributed by atoms with E-state index in [2.05, 4.69) is 15.9 Å². The molecule has 5 heteroatoms. The summed E-state index contributed by atoms with van der Waals surface area (Å²) in [5.41, 5.74) is 1.97. The average Bonchev–Trinajstić information content (AvgIpc) is 2.52. The summed E-state index contributed by atoms with van der Waals surface area (Å²) >= 11 is 3.32. The van der Waals surface area contributed by atoms with Gasteiger partial charge in [0, 0.05) is 21.7 Å². The van der Waals surface area contributed by atoms with Crippen LogP contribution >= 0.6 is 15.9 Å². The molecular weight excluding hydrogens is 358 g/mol. The monoisotopic (exact) mass is 373 g/mol. The second kappa shape index (κ2) is 7.33. The Bertz CT molecular complexity index is 764. The van der Waals surface area contributed by atoms with E-state index < -0.39 is 0 Å². The van der Waals surface area contributed by atoms with Crippen LogP contribution in [0.3, 0.4) is 0 Å². The van der Waals surface area contributed by atoms with E-state index in [4.69, 9.17) is 0 Å². The van der Waals surface area contributed by atoms with Crippen LogP contribution in [0.2, 0.25) is 0 Å². The van der Waals surface area contributed by atoms with Crippen LogP contribution in [-0.2, 0) is 0 Å². The summed E-state index contributed by atoms with van der Waals surface area (Å²) in [6, 6.07) is 12.1. The summed E-state index contributed by atoms with van der Waals surface area (Å²) in [4.78, 5) is 22.9. The molecule has 2 aromatic rings. The lowest BCUT2D eigenvalue weighted by molar-refractivity contribution is -0.385. The van der Waals surface area contributed by atoms with E-state index in [1.165, 1.54) is 12.1 Å². The van der Waals surface area contributed by atoms with Crippen LogP contribution in [0.4, 0.5) is 5.69 Å². The van der Waals surface area contributed by atoms with E-state index in [1.54, 1.807) is 42.5 Å². The number of carbonyl (C=O) groups is 1. The second-order valence-electron chi connectivity index (χ2n) is 5.43. The van der Waals surface area contributed by atoms with Gasteiger partial charge in [-0.25, -0.2) is 0 Å². The molecular formula is C18H16BrNO3. The van der Waals surface area contributed by atoms with E-state index >= 15 is 0 Å². The zero-order chi connectivity index (χ0) is 17.0. The summed E-state index contributed by atoms with van der Waals surface area (Å²) in [6.07, 6.45) is 3.03. The first-order chi connectivity index (χ1) is 10.9. The van der Waals surface area contributed by atoms with E-state index in [0.717, 1.165) is 4.47 Å². The molecule has 0 fully saturated rings. The second-order valence-corrected chi connectivity index (χ2v) is 6.35. The van der Waals surface area contributed by atoms with Gasteiger partial charge in [-0.05, 0) is 41.8 Å². The molecule has 0 aliphatic carbocycles. The predicted molar refractivity (Wildman–Crippen MR) is 94.7 cm³/mol. The normalized spacial score (nSPS) is 11.1. The van der Waals surface area contributed by atoms with E-state index in [-0.39, 0.29) is 22.3 Å². The highest BCUT2D eigenvalue weighted by Gasteiger charge is 2.16. The lowest BCUT2D eigenvalue weighted by atomic mass is 9.99. The first kappa shape index (κ1) is 17.1. The van der Waals surface area contributed by atoms with E-state index in [0.29, 0.717) is 16.7 Å². The highest BCUT2D eigenvalue weighted by atomic mass is 79.9. The Morgan fingerprint density at radius 3 is 2.39 bits per heavy atom. The van der Waals surface area contributed by atoms with Crippen molar-refractivity contribution in [1.82, 2.24) is 0 Å². The smallest absolute Gasteiger partial charge is 0.273 e. The van der Waals surface area contributed by atoms with Crippen molar-refractivity contribution in [1.29, 1.82) is 0 Å². The zero-order valence-electron chi connectivity index (χ0n) is 12.8. The van der Waals surface area contributed by atoms with Crippen molar-refractivity contribution in [2.24, 2.45) is 0 Å². The zero-order valence-corrected chi connectivity index (χ0v) is 14.4. The Morgan fingerprint density at radius 1 is 1.17 bits per heavy atom. The lowest BCUT2D eigenvalue weighted by Gasteiger charge is -2.06. The maximum absolute atomic E-state index is 12.1. The number of halogens is 1. The third-order valence-corrected chi connectivity index (χ3v) is 3.96. The number of nitrogens with zero attached hydrogens (tertiary/aromatic N) is 1. The largest absolute Gasteiger partial charge is 0.289 e. The fraction of sp³-hybridized carbons (Fsp3) is 0.167. The number of nitro benzene ring substituents is 1. The molecule has 0 heterocycles. The molecule has 0 aliphatic rings. The van der Waals surface area contributed by atoms with Gasteiger partial charge in [0.05, 0.1) is 4.92 Å². The number of benzene rings is 2. The fourth-order valence-corrected chi connectivity index (χ4v) is 2.46. The highest BCUT2D eigenvalue weighted by molar-refractivity contribution is 9.10. The van der Waals surface area contributed by atoms with Gasteiger partial charge < -0.3 is 0 Å². The molecule has 0 N–H and O–H groups in total. The van der Waals surface area contributed by atoms with Gasteiger partial charge >= 0.3 is 0 Å². The number of ketones is 1. The summed E-state index contributed by atoms with van der Waals surface area (Å²) in [5.74, 6) is -0.0779. The van der Waals surface area contributed by atoms with Gasteiger partial charge in [-0.15, -0.1) is 0 Å². The molecule has 0 amide bonds. The molecule has 0 spiro atoms. The molecule has 0 atom stereocenters. The summed E-state index contributed by atoms with van der Waals surface area (Å²) in [5, 5.41) is 11.2. The molecule has 0 aromatic heterocycles. The molecule has 4 nitrogen and oxygen atoms in total. The molecule has 118 valence electrons. The molecule has 0 radical (unpaired) electrons. The molecule has 0 saturated carbocycles. The number of nitro groups is 1. The lowest BCUT2D eigenvalue weighted by Crippen LogP contribution is -1.98. The summed E-state index contributed by atoms with van der Waals surface area (Å²) in [7, 11) is 0. The van der Waals surface area contributed by atoms with Crippen molar-refractivity contribution < 1.29 is 9.72 Å². The maximum Gasteiger partial charge on any atom is 0.273 e. The first-order valence-electron chi connectivity index (χ1n) is 7.15. The molecule has 2 rings (SSSR count). The van der Waals surface area contributed by atoms with Crippen LogP contribution < -0.4 is 0 Å². The van der Waals surface area contributed by atoms with Crippen LogP contribution in [0.1, 0.15) is 41.3 Å². The van der Waals surface area contributed by atoms with Gasteiger partial charge in [-0.1, -0.05) is 48.0 Å². The summed E-state index contributed by atoms with van der Waals surface area (Å²) < 4.78 is 0.901. The topological polar surface area (TPSA) is 60.2 Å². The van der Waals surface area contributed by atoms with Crippen LogP contribution in [0.25, 0.3) is 6.08 Å². The Labute approximate surface area is 143 Å². The van der Waals surface area contributed by atoms with Gasteiger partial charge in [-0.2, -0.15) is 0 Å². The minimum absolute atomic E-state index is 0.0674. The van der Waals surface area contributed by atoms with Crippen LogP contribution in [0, 0.1) is 10.1 Å². The third-order valence-electron chi connectivity index (χ3n) is 3.43. The number of hydrogen-bond donors (Lipinski definition) is 0. The SMILES string of the molecule is CC(C)c1ccc(/C=C/C(=O)c2ccc(Br)cc2)cc1[N+](=O)[O-]. The van der Waals surface area contributed by atoms with Crippen LogP contribution in [0.15, 0.2) is 53.0 Å². The Kier molecular flexibility index (Phi) is 5.45.